The molecule has 3 heterocycles. The molecule has 1 unspecified atom stereocenters. The Labute approximate surface area is 158 Å². The van der Waals surface area contributed by atoms with Gasteiger partial charge in [-0.1, -0.05) is 0 Å². The SMILES string of the molecule is CCOc1ccc(S(=O)(=O)NC2CCCN(c3ccnn3CC)C2=O)cn1. The van der Waals surface area contributed by atoms with Gasteiger partial charge in [0.15, 0.2) is 0 Å². The maximum Gasteiger partial charge on any atom is 0.246 e. The van der Waals surface area contributed by atoms with E-state index in [1.54, 1.807) is 21.8 Å². The van der Waals surface area contributed by atoms with E-state index in [0.29, 0.717) is 44.2 Å². The summed E-state index contributed by atoms with van der Waals surface area (Å²) >= 11 is 0. The van der Waals surface area contributed by atoms with Gasteiger partial charge < -0.3 is 4.74 Å². The van der Waals surface area contributed by atoms with Crippen molar-refractivity contribution in [2.24, 2.45) is 0 Å². The Morgan fingerprint density at radius 1 is 1.30 bits per heavy atom. The molecule has 1 saturated heterocycles. The lowest BCUT2D eigenvalue weighted by atomic mass is 10.1. The van der Waals surface area contributed by atoms with Gasteiger partial charge in [-0.25, -0.2) is 18.1 Å². The smallest absolute Gasteiger partial charge is 0.246 e. The molecule has 0 spiro atoms. The summed E-state index contributed by atoms with van der Waals surface area (Å²) in [6.45, 7) is 5.36. The van der Waals surface area contributed by atoms with Crippen molar-refractivity contribution in [3.05, 3.63) is 30.6 Å². The highest BCUT2D eigenvalue weighted by Crippen LogP contribution is 2.22. The van der Waals surface area contributed by atoms with Crippen molar-refractivity contribution in [1.29, 1.82) is 0 Å². The molecule has 1 aliphatic rings. The van der Waals surface area contributed by atoms with Crippen LogP contribution in [0.1, 0.15) is 26.7 Å². The number of rotatable bonds is 7. The Kier molecular flexibility index (Phi) is 5.76. The number of piperidine rings is 1. The number of anilines is 1. The van der Waals surface area contributed by atoms with Crippen LogP contribution < -0.4 is 14.4 Å². The van der Waals surface area contributed by atoms with Gasteiger partial charge in [-0.15, -0.1) is 0 Å². The minimum absolute atomic E-state index is 0.00511. The molecule has 0 aromatic carbocycles. The van der Waals surface area contributed by atoms with E-state index in [9.17, 15) is 13.2 Å². The number of carbonyl (C=O) groups excluding carboxylic acids is 1. The van der Waals surface area contributed by atoms with Crippen molar-refractivity contribution in [3.63, 3.8) is 0 Å². The number of hydrogen-bond acceptors (Lipinski definition) is 6. The quantitative estimate of drug-likeness (QED) is 0.757. The van der Waals surface area contributed by atoms with Crippen LogP contribution in [-0.4, -0.2) is 48.3 Å². The van der Waals surface area contributed by atoms with Gasteiger partial charge in [-0.3, -0.25) is 9.69 Å². The Bertz CT molecular complexity index is 894. The monoisotopic (exact) mass is 393 g/mol. The minimum Gasteiger partial charge on any atom is -0.478 e. The molecule has 1 fully saturated rings. The molecule has 0 bridgehead atoms. The van der Waals surface area contributed by atoms with Gasteiger partial charge in [-0.2, -0.15) is 9.82 Å². The average molecular weight is 393 g/mol. The van der Waals surface area contributed by atoms with Gasteiger partial charge in [-0.05, 0) is 32.8 Å². The summed E-state index contributed by atoms with van der Waals surface area (Å²) in [4.78, 5) is 18.4. The first-order valence-electron chi connectivity index (χ1n) is 8.90. The maximum atomic E-state index is 12.9. The van der Waals surface area contributed by atoms with E-state index in [1.807, 2.05) is 13.8 Å². The summed E-state index contributed by atoms with van der Waals surface area (Å²) in [7, 11) is -3.87. The van der Waals surface area contributed by atoms with E-state index in [1.165, 1.54) is 18.3 Å². The van der Waals surface area contributed by atoms with Crippen molar-refractivity contribution < 1.29 is 17.9 Å². The second-order valence-corrected chi connectivity index (χ2v) is 7.79. The van der Waals surface area contributed by atoms with Crippen LogP contribution >= 0.6 is 0 Å². The second-order valence-electron chi connectivity index (χ2n) is 6.08. The number of pyridine rings is 1. The van der Waals surface area contributed by atoms with Crippen LogP contribution in [-0.2, 0) is 21.4 Å². The molecule has 0 aliphatic carbocycles. The predicted octanol–water partition coefficient (Wildman–Crippen LogP) is 1.17. The zero-order valence-electron chi connectivity index (χ0n) is 15.3. The topological polar surface area (TPSA) is 106 Å². The number of nitrogens with one attached hydrogen (secondary N) is 1. The Morgan fingerprint density at radius 3 is 2.78 bits per heavy atom. The number of nitrogens with zero attached hydrogens (tertiary/aromatic N) is 4. The van der Waals surface area contributed by atoms with Crippen molar-refractivity contribution >= 4 is 21.7 Å². The zero-order chi connectivity index (χ0) is 19.4. The molecule has 1 atom stereocenters. The summed E-state index contributed by atoms with van der Waals surface area (Å²) in [6, 6.07) is 3.84. The van der Waals surface area contributed by atoms with Crippen LogP contribution in [0.25, 0.3) is 0 Å². The second kappa shape index (κ2) is 8.05. The predicted molar refractivity (Wildman–Crippen MR) is 99.0 cm³/mol. The lowest BCUT2D eigenvalue weighted by Gasteiger charge is -2.32. The fourth-order valence-electron chi connectivity index (χ4n) is 3.02. The van der Waals surface area contributed by atoms with Gasteiger partial charge in [0, 0.05) is 25.2 Å². The fourth-order valence-corrected chi connectivity index (χ4v) is 4.19. The van der Waals surface area contributed by atoms with Crippen LogP contribution in [0.15, 0.2) is 35.5 Å². The first kappa shape index (κ1) is 19.3. The number of aromatic nitrogens is 3. The number of hydrogen-bond donors (Lipinski definition) is 1. The highest BCUT2D eigenvalue weighted by molar-refractivity contribution is 7.89. The zero-order valence-corrected chi connectivity index (χ0v) is 16.1. The van der Waals surface area contributed by atoms with Crippen molar-refractivity contribution in [2.45, 2.75) is 44.2 Å². The van der Waals surface area contributed by atoms with Gasteiger partial charge in [0.1, 0.15) is 16.8 Å². The molecule has 1 aliphatic heterocycles. The van der Waals surface area contributed by atoms with E-state index in [-0.39, 0.29) is 10.8 Å². The third-order valence-electron chi connectivity index (χ3n) is 4.32. The molecule has 1 amide bonds. The average Bonchev–Trinajstić information content (AvgIpc) is 3.12. The Balaban J connectivity index is 1.76. The summed E-state index contributed by atoms with van der Waals surface area (Å²) in [5.74, 6) is 0.747. The first-order valence-corrected chi connectivity index (χ1v) is 10.4. The number of amides is 1. The van der Waals surface area contributed by atoms with Gasteiger partial charge in [0.05, 0.1) is 19.0 Å². The van der Waals surface area contributed by atoms with E-state index < -0.39 is 16.1 Å². The van der Waals surface area contributed by atoms with Crippen LogP contribution in [0.4, 0.5) is 5.82 Å². The van der Waals surface area contributed by atoms with Crippen molar-refractivity contribution in [1.82, 2.24) is 19.5 Å². The molecule has 146 valence electrons. The number of sulfonamides is 1. The highest BCUT2D eigenvalue weighted by atomic mass is 32.2. The molecule has 2 aromatic heterocycles. The summed E-state index contributed by atoms with van der Waals surface area (Å²) in [6.07, 6.45) is 3.99. The molecule has 9 nitrogen and oxygen atoms in total. The van der Waals surface area contributed by atoms with Crippen molar-refractivity contribution in [3.8, 4) is 5.88 Å². The normalized spacial score (nSPS) is 17.9. The molecular weight excluding hydrogens is 370 g/mol. The molecule has 10 heteroatoms. The number of carbonyl (C=O) groups is 1. The van der Waals surface area contributed by atoms with Crippen LogP contribution in [0.2, 0.25) is 0 Å². The van der Waals surface area contributed by atoms with E-state index in [0.717, 1.165) is 0 Å². The molecule has 0 saturated carbocycles. The van der Waals surface area contributed by atoms with Crippen LogP contribution in [0.5, 0.6) is 5.88 Å². The molecule has 3 rings (SSSR count). The van der Waals surface area contributed by atoms with Gasteiger partial charge >= 0.3 is 0 Å². The third kappa shape index (κ3) is 4.11. The largest absolute Gasteiger partial charge is 0.478 e. The van der Waals surface area contributed by atoms with E-state index >= 15 is 0 Å². The third-order valence-corrected chi connectivity index (χ3v) is 5.77. The number of aryl methyl sites for hydroxylation is 1. The molecule has 2 aromatic rings. The standard InChI is InChI=1S/C17H23N5O4S/c1-3-22-16(9-10-19-22)21-11-5-6-14(17(21)23)20-27(24,25)13-7-8-15(18-12-13)26-4-2/h7-10,12,14,20H,3-6,11H2,1-2H3. The molecule has 1 N–H and O–H groups in total. The molecular formula is C17H23N5O4S. The Hall–Kier alpha value is -2.46. The minimum atomic E-state index is -3.87. The summed E-state index contributed by atoms with van der Waals surface area (Å²) in [5, 5.41) is 4.18. The van der Waals surface area contributed by atoms with Crippen LogP contribution in [0.3, 0.4) is 0 Å². The van der Waals surface area contributed by atoms with Gasteiger partial charge in [0.2, 0.25) is 21.8 Å². The van der Waals surface area contributed by atoms with E-state index in [4.69, 9.17) is 4.74 Å². The summed E-state index contributed by atoms with van der Waals surface area (Å²) < 4.78 is 34.8. The van der Waals surface area contributed by atoms with E-state index in [2.05, 4.69) is 14.8 Å². The lowest BCUT2D eigenvalue weighted by molar-refractivity contribution is -0.121. The van der Waals surface area contributed by atoms with Crippen LogP contribution in [0, 0.1) is 0 Å². The van der Waals surface area contributed by atoms with Crippen molar-refractivity contribution in [2.75, 3.05) is 18.1 Å². The summed E-state index contributed by atoms with van der Waals surface area (Å²) in [5.41, 5.74) is 0. The fraction of sp³-hybridized carbons (Fsp3) is 0.471. The molecule has 0 radical (unpaired) electrons. The van der Waals surface area contributed by atoms with Gasteiger partial charge in [0.25, 0.3) is 0 Å². The highest BCUT2D eigenvalue weighted by Gasteiger charge is 2.34. The number of ether oxygens (including phenoxy) is 1. The lowest BCUT2D eigenvalue weighted by Crippen LogP contribution is -2.52. The maximum absolute atomic E-state index is 12.9. The first-order chi connectivity index (χ1) is 13.0. The Morgan fingerprint density at radius 2 is 2.11 bits per heavy atom. The molecule has 27 heavy (non-hydrogen) atoms.